The van der Waals surface area contributed by atoms with E-state index in [9.17, 15) is 4.79 Å². The molecule has 1 amide bonds. The predicted octanol–water partition coefficient (Wildman–Crippen LogP) is -0.739. The average Bonchev–Trinajstić information content (AvgIpc) is 3.05. The van der Waals surface area contributed by atoms with Crippen LogP contribution in [0.1, 0.15) is 39.2 Å². The first-order chi connectivity index (χ1) is 11.9. The Kier molecular flexibility index (Phi) is 9.19. The van der Waals surface area contributed by atoms with E-state index in [0.29, 0.717) is 17.6 Å². The Morgan fingerprint density at radius 3 is 2.69 bits per heavy atom. The van der Waals surface area contributed by atoms with Crippen molar-refractivity contribution in [1.82, 2.24) is 10.6 Å². The van der Waals surface area contributed by atoms with Crippen LogP contribution in [-0.4, -0.2) is 44.4 Å². The van der Waals surface area contributed by atoms with Crippen LogP contribution in [0.3, 0.4) is 0 Å². The molecule has 1 atom stereocenters. The first kappa shape index (κ1) is 22.5. The fourth-order valence-corrected chi connectivity index (χ4v) is 2.72. The van der Waals surface area contributed by atoms with Gasteiger partial charge in [0.25, 0.3) is 5.91 Å². The van der Waals surface area contributed by atoms with Gasteiger partial charge in [0.05, 0.1) is 13.2 Å². The van der Waals surface area contributed by atoms with Crippen molar-refractivity contribution in [2.24, 2.45) is 0 Å². The van der Waals surface area contributed by atoms with Crippen molar-refractivity contribution in [3.8, 4) is 11.5 Å². The largest absolute Gasteiger partial charge is 1.00 e. The Balaban J connectivity index is 0.00000338. The molecule has 1 aliphatic rings. The number of ether oxygens (including phenoxy) is 3. The van der Waals surface area contributed by atoms with E-state index >= 15 is 0 Å². The highest BCUT2D eigenvalue weighted by Crippen LogP contribution is 2.28. The van der Waals surface area contributed by atoms with Gasteiger partial charge in [-0.05, 0) is 51.3 Å². The normalized spacial score (nSPS) is 16.7. The maximum atomic E-state index is 11.9. The van der Waals surface area contributed by atoms with Crippen molar-refractivity contribution in [2.75, 3.05) is 26.9 Å². The summed E-state index contributed by atoms with van der Waals surface area (Å²) in [6.45, 7) is 8.23. The van der Waals surface area contributed by atoms with Gasteiger partial charge >= 0.3 is 0 Å². The molecule has 1 unspecified atom stereocenters. The summed E-state index contributed by atoms with van der Waals surface area (Å²) in [7, 11) is 1.60. The maximum absolute atomic E-state index is 11.9. The summed E-state index contributed by atoms with van der Waals surface area (Å²) in [6, 6.07) is 5.74. The van der Waals surface area contributed by atoms with Gasteiger partial charge < -0.3 is 37.3 Å². The number of nitrogens with one attached hydrogen (secondary N) is 2. The van der Waals surface area contributed by atoms with Gasteiger partial charge in [0.1, 0.15) is 0 Å². The number of hydrogen-bond donors (Lipinski definition) is 2. The van der Waals surface area contributed by atoms with Crippen LogP contribution in [-0.2, 0) is 16.1 Å². The van der Waals surface area contributed by atoms with E-state index in [0.717, 1.165) is 38.1 Å². The standard InChI is InChI=1S/C19H30N2O4.ClH/c1-19(2,3)21-18(22)13-25-16-8-7-14(10-17(16)23-4)11-20-12-15-6-5-9-24-15;/h7-8,10,15,20H,5-6,9,11-13H2,1-4H3,(H,21,22);1H/p-1. The highest BCUT2D eigenvalue weighted by molar-refractivity contribution is 5.78. The molecule has 0 aliphatic carbocycles. The summed E-state index contributed by atoms with van der Waals surface area (Å²) in [5, 5.41) is 6.27. The number of carbonyl (C=O) groups excluding carboxylic acids is 1. The molecule has 148 valence electrons. The number of methoxy groups -OCH3 is 1. The lowest BCUT2D eigenvalue weighted by molar-refractivity contribution is -0.124. The number of amides is 1. The van der Waals surface area contributed by atoms with Gasteiger partial charge in [-0.2, -0.15) is 0 Å². The quantitative estimate of drug-likeness (QED) is 0.617. The summed E-state index contributed by atoms with van der Waals surface area (Å²) in [5.74, 6) is 1.03. The zero-order valence-electron chi connectivity index (χ0n) is 16.1. The fourth-order valence-electron chi connectivity index (χ4n) is 2.72. The van der Waals surface area contributed by atoms with Crippen LogP contribution in [0.5, 0.6) is 11.5 Å². The van der Waals surface area contributed by atoms with Gasteiger partial charge in [0.2, 0.25) is 0 Å². The lowest BCUT2D eigenvalue weighted by Crippen LogP contribution is -3.00. The van der Waals surface area contributed by atoms with Gasteiger partial charge in [-0.3, -0.25) is 4.79 Å². The van der Waals surface area contributed by atoms with Crippen LogP contribution in [0.15, 0.2) is 18.2 Å². The Morgan fingerprint density at radius 1 is 1.31 bits per heavy atom. The first-order valence-electron chi connectivity index (χ1n) is 8.80. The Hall–Kier alpha value is -1.50. The molecule has 0 spiro atoms. The van der Waals surface area contributed by atoms with Crippen molar-refractivity contribution in [2.45, 2.75) is 51.8 Å². The van der Waals surface area contributed by atoms with E-state index < -0.39 is 0 Å². The zero-order chi connectivity index (χ0) is 18.3. The van der Waals surface area contributed by atoms with Crippen LogP contribution in [0.2, 0.25) is 0 Å². The van der Waals surface area contributed by atoms with Crippen molar-refractivity contribution in [3.05, 3.63) is 23.8 Å². The Labute approximate surface area is 162 Å². The topological polar surface area (TPSA) is 68.8 Å². The average molecular weight is 386 g/mol. The Morgan fingerprint density at radius 2 is 2.08 bits per heavy atom. The van der Waals surface area contributed by atoms with E-state index in [1.54, 1.807) is 7.11 Å². The third-order valence-corrected chi connectivity index (χ3v) is 3.83. The van der Waals surface area contributed by atoms with E-state index in [-0.39, 0.29) is 30.5 Å². The molecule has 1 aromatic rings. The highest BCUT2D eigenvalue weighted by atomic mass is 35.5. The van der Waals surface area contributed by atoms with Crippen molar-refractivity contribution >= 4 is 5.91 Å². The van der Waals surface area contributed by atoms with Crippen LogP contribution < -0.4 is 32.5 Å². The first-order valence-corrected chi connectivity index (χ1v) is 8.80. The zero-order valence-corrected chi connectivity index (χ0v) is 16.8. The van der Waals surface area contributed by atoms with E-state index in [2.05, 4.69) is 10.6 Å². The van der Waals surface area contributed by atoms with E-state index in [1.165, 1.54) is 0 Å². The maximum Gasteiger partial charge on any atom is 0.258 e. The number of rotatable bonds is 8. The summed E-state index contributed by atoms with van der Waals surface area (Å²) in [6.07, 6.45) is 2.60. The van der Waals surface area contributed by atoms with Gasteiger partial charge in [-0.25, -0.2) is 0 Å². The second kappa shape index (κ2) is 10.6. The molecule has 6 nitrogen and oxygen atoms in total. The summed E-state index contributed by atoms with van der Waals surface area (Å²) >= 11 is 0. The number of benzene rings is 1. The van der Waals surface area contributed by atoms with Gasteiger partial charge in [0, 0.05) is 25.2 Å². The minimum atomic E-state index is -0.275. The van der Waals surface area contributed by atoms with E-state index in [1.807, 2.05) is 39.0 Å². The molecule has 1 aliphatic heterocycles. The summed E-state index contributed by atoms with van der Waals surface area (Å²) in [5.41, 5.74) is 0.824. The molecule has 7 heteroatoms. The van der Waals surface area contributed by atoms with E-state index in [4.69, 9.17) is 14.2 Å². The lowest BCUT2D eigenvalue weighted by Gasteiger charge is -2.20. The van der Waals surface area contributed by atoms with Crippen LogP contribution in [0, 0.1) is 0 Å². The minimum absolute atomic E-state index is 0. The lowest BCUT2D eigenvalue weighted by atomic mass is 10.1. The van der Waals surface area contributed by atoms with Gasteiger partial charge in [-0.1, -0.05) is 6.07 Å². The summed E-state index contributed by atoms with van der Waals surface area (Å²) < 4.78 is 16.6. The molecule has 0 saturated carbocycles. The van der Waals surface area contributed by atoms with Crippen molar-refractivity contribution in [3.63, 3.8) is 0 Å². The number of halogens is 1. The second-order valence-corrected chi connectivity index (χ2v) is 7.34. The predicted molar refractivity (Wildman–Crippen MR) is 97.1 cm³/mol. The Bertz CT molecular complexity index is 569. The molecular weight excluding hydrogens is 356 g/mol. The highest BCUT2D eigenvalue weighted by Gasteiger charge is 2.16. The number of carbonyl (C=O) groups is 1. The fraction of sp³-hybridized carbons (Fsp3) is 0.632. The minimum Gasteiger partial charge on any atom is -1.00 e. The molecule has 26 heavy (non-hydrogen) atoms. The molecule has 0 bridgehead atoms. The molecule has 1 heterocycles. The molecule has 2 N–H and O–H groups in total. The second-order valence-electron chi connectivity index (χ2n) is 7.34. The third kappa shape index (κ3) is 7.81. The monoisotopic (exact) mass is 385 g/mol. The molecule has 0 aromatic heterocycles. The summed E-state index contributed by atoms with van der Waals surface area (Å²) in [4.78, 5) is 11.9. The smallest absolute Gasteiger partial charge is 0.258 e. The molecule has 2 rings (SSSR count). The molecular formula is C19H30ClN2O4-. The third-order valence-electron chi connectivity index (χ3n) is 3.83. The molecule has 1 aromatic carbocycles. The SMILES string of the molecule is COc1cc(CNCC2CCCO2)ccc1OCC(=O)NC(C)(C)C.[Cl-]. The molecule has 1 fully saturated rings. The number of hydrogen-bond acceptors (Lipinski definition) is 5. The molecule has 1 saturated heterocycles. The van der Waals surface area contributed by atoms with Crippen LogP contribution in [0.4, 0.5) is 0 Å². The van der Waals surface area contributed by atoms with Crippen molar-refractivity contribution in [1.29, 1.82) is 0 Å². The van der Waals surface area contributed by atoms with Crippen molar-refractivity contribution < 1.29 is 31.4 Å². The molecule has 0 radical (unpaired) electrons. The van der Waals surface area contributed by atoms with Gasteiger partial charge in [-0.15, -0.1) is 0 Å². The van der Waals surface area contributed by atoms with Gasteiger partial charge in [0.15, 0.2) is 18.1 Å². The van der Waals surface area contributed by atoms with Crippen LogP contribution >= 0.6 is 0 Å². The van der Waals surface area contributed by atoms with Crippen LogP contribution in [0.25, 0.3) is 0 Å².